The van der Waals surface area contributed by atoms with E-state index < -0.39 is 40.1 Å². The normalized spacial score (nSPS) is 16.8. The minimum absolute atomic E-state index is 0. The minimum atomic E-state index is -3.61. The predicted molar refractivity (Wildman–Crippen MR) is 430 cm³/mol. The van der Waals surface area contributed by atoms with Crippen molar-refractivity contribution in [2.75, 3.05) is 78.2 Å². The first-order valence-electron chi connectivity index (χ1n) is 37.5. The number of carbonyl (C=O) groups excluding carboxylic acids is 6. The molecule has 604 valence electrons. The lowest BCUT2D eigenvalue weighted by Gasteiger charge is -2.22. The van der Waals surface area contributed by atoms with Gasteiger partial charge in [0.25, 0.3) is 40.1 Å². The topological polar surface area (TPSA) is 325 Å². The molecule has 0 fully saturated rings. The highest BCUT2D eigenvalue weighted by molar-refractivity contribution is 7.93. The molecule has 4 aliphatic rings. The molecule has 0 saturated carbocycles. The molecular formula is C84H107ClN8O15S4. The molecule has 4 unspecified atom stereocenters. The summed E-state index contributed by atoms with van der Waals surface area (Å²) in [7, 11) is -7.77. The molecular weight excluding hydrogens is 1520 g/mol. The Morgan fingerprint density at radius 2 is 0.589 bits per heavy atom. The number of sulfonamides is 4. The standard InChI is InChI=1S/3C21H28N2O2S.C18H22N2O3S.3CO2.ClH/c3*1-4-5-6-9-14-22-21-17-10-7-8-11-19(17)23(3)26(24,25)20-15-16(2)12-13-18(20)21;1-13-8-9-15-17(12-13)24(22,23)20(2)16-7-4-3-6-14(16)18(15)19-10-5-11-21;3*2-1-3;/h3*7-8,10-13,15,21-22H,4-6,9,14H2,1-3H3;3-4,6-9,12,18-19,21H,5,10-11H2,1-2H3;;;;1H. The number of fused-ring (bicyclic) bond motifs is 8. The van der Waals surface area contributed by atoms with Crippen LogP contribution in [0.15, 0.2) is 189 Å². The minimum Gasteiger partial charge on any atom is -1.00 e. The number of nitrogens with two attached hydrogens (primary N) is 1. The summed E-state index contributed by atoms with van der Waals surface area (Å²) in [5, 5.41) is 22.0. The predicted octanol–water partition coefficient (Wildman–Crippen LogP) is 9.60. The van der Waals surface area contributed by atoms with Crippen molar-refractivity contribution in [3.05, 3.63) is 237 Å². The molecule has 8 aromatic carbocycles. The maximum absolute atomic E-state index is 13.2. The molecule has 0 aliphatic carbocycles. The largest absolute Gasteiger partial charge is 1.00 e. The van der Waals surface area contributed by atoms with E-state index in [9.17, 15) is 33.7 Å². The van der Waals surface area contributed by atoms with E-state index in [0.29, 0.717) is 38.2 Å². The van der Waals surface area contributed by atoms with Crippen LogP contribution < -0.4 is 50.9 Å². The fourth-order valence-electron chi connectivity index (χ4n) is 14.0. The van der Waals surface area contributed by atoms with Gasteiger partial charge in [0, 0.05) is 45.9 Å². The zero-order chi connectivity index (χ0) is 81.6. The Morgan fingerprint density at radius 1 is 0.339 bits per heavy atom. The van der Waals surface area contributed by atoms with Gasteiger partial charge in [-0.1, -0.05) is 193 Å². The molecule has 4 aliphatic heterocycles. The highest BCUT2D eigenvalue weighted by Gasteiger charge is 2.40. The fraction of sp³-hybridized carbons (Fsp3) is 0.393. The lowest BCUT2D eigenvalue weighted by atomic mass is 9.96. The van der Waals surface area contributed by atoms with Gasteiger partial charge in [0.05, 0.1) is 67.0 Å². The van der Waals surface area contributed by atoms with Crippen LogP contribution in [0.3, 0.4) is 0 Å². The van der Waals surface area contributed by atoms with Gasteiger partial charge in [0.2, 0.25) is 0 Å². The van der Waals surface area contributed by atoms with Gasteiger partial charge in [-0.15, -0.1) is 0 Å². The number of rotatable bonds is 22. The number of nitrogens with zero attached hydrogens (tertiary/aromatic N) is 4. The summed E-state index contributed by atoms with van der Waals surface area (Å²) in [5.74, 6) is 0. The number of para-hydroxylation sites is 4. The maximum Gasteiger partial charge on any atom is 0.373 e. The van der Waals surface area contributed by atoms with Crippen LogP contribution in [-0.2, 0) is 68.9 Å². The highest BCUT2D eigenvalue weighted by Crippen LogP contribution is 2.45. The van der Waals surface area contributed by atoms with Crippen molar-refractivity contribution in [1.29, 1.82) is 0 Å². The van der Waals surface area contributed by atoms with Crippen LogP contribution in [0.2, 0.25) is 0 Å². The maximum atomic E-state index is 13.2. The monoisotopic (exact) mass is 1630 g/mol. The van der Waals surface area contributed by atoms with Crippen molar-refractivity contribution >= 4 is 81.3 Å². The molecule has 8 aromatic rings. The number of quaternary nitrogens is 1. The molecule has 0 radical (unpaired) electrons. The van der Waals surface area contributed by atoms with Crippen molar-refractivity contribution < 1.29 is 85.3 Å². The van der Waals surface area contributed by atoms with Gasteiger partial charge in [0.15, 0.2) is 0 Å². The Labute approximate surface area is 668 Å². The van der Waals surface area contributed by atoms with Gasteiger partial charge in [0.1, 0.15) is 6.04 Å². The van der Waals surface area contributed by atoms with E-state index in [4.69, 9.17) is 33.9 Å². The third kappa shape index (κ3) is 23.1. The molecule has 23 nitrogen and oxygen atoms in total. The van der Waals surface area contributed by atoms with Crippen LogP contribution in [0.5, 0.6) is 0 Å². The second-order valence-corrected chi connectivity index (χ2v) is 35.2. The Bertz CT molecular complexity index is 4620. The molecule has 0 aromatic heterocycles. The lowest BCUT2D eigenvalue weighted by molar-refractivity contribution is -0.687. The SMILES string of the molecule is CCCCCCNC1c2ccccc2N(C)S(=O)(=O)c2cc(C)ccc21.CCCCCCNC1c2ccccc2N(C)S(=O)(=O)c2cc(C)ccc21.CCCCCC[NH2+]C1c2ccccc2N(C)S(=O)(=O)c2cc(C)ccc21.Cc1ccc2c(c1)S(=O)(=O)N(C)c1ccccc1C2NCCCO.O=C=O.O=C=O.O=C=O.[Cl-]. The summed E-state index contributed by atoms with van der Waals surface area (Å²) in [6.45, 7) is 17.8. The first-order valence-corrected chi connectivity index (χ1v) is 43.2. The molecule has 4 atom stereocenters. The second-order valence-electron chi connectivity index (χ2n) is 27.5. The van der Waals surface area contributed by atoms with Gasteiger partial charge >= 0.3 is 18.5 Å². The number of aryl methyl sites for hydroxylation is 4. The first-order chi connectivity index (χ1) is 53.1. The summed E-state index contributed by atoms with van der Waals surface area (Å²) < 4.78 is 111. The molecule has 112 heavy (non-hydrogen) atoms. The first kappa shape index (κ1) is 93.6. The van der Waals surface area contributed by atoms with E-state index in [2.05, 4.69) is 48.1 Å². The number of hydrogen-bond acceptors (Lipinski definition) is 18. The van der Waals surface area contributed by atoms with Crippen LogP contribution in [0, 0.1) is 27.7 Å². The summed E-state index contributed by atoms with van der Waals surface area (Å²) >= 11 is 0. The zero-order valence-corrected chi connectivity index (χ0v) is 69.8. The third-order valence-corrected chi connectivity index (χ3v) is 27.1. The van der Waals surface area contributed by atoms with Gasteiger partial charge in [-0.3, -0.25) is 17.2 Å². The summed E-state index contributed by atoms with van der Waals surface area (Å²) in [4.78, 5) is 50.3. The van der Waals surface area contributed by atoms with E-state index in [1.54, 1.807) is 46.4 Å². The molecule has 6 N–H and O–H groups in total. The number of aliphatic hydroxyl groups is 1. The average Bonchev–Trinajstić information content (AvgIpc) is 1.64. The van der Waals surface area contributed by atoms with Crippen molar-refractivity contribution in [2.24, 2.45) is 0 Å². The molecule has 4 heterocycles. The van der Waals surface area contributed by atoms with Crippen molar-refractivity contribution in [3.63, 3.8) is 0 Å². The van der Waals surface area contributed by atoms with Crippen LogP contribution in [-0.4, -0.2) is 118 Å². The van der Waals surface area contributed by atoms with Gasteiger partial charge < -0.3 is 38.8 Å². The van der Waals surface area contributed by atoms with Gasteiger partial charge in [-0.05, 0) is 184 Å². The molecule has 0 spiro atoms. The number of aliphatic hydroxyl groups excluding tert-OH is 1. The van der Waals surface area contributed by atoms with E-state index in [-0.39, 0.29) is 61.6 Å². The van der Waals surface area contributed by atoms with Gasteiger partial charge in [-0.2, -0.15) is 28.8 Å². The van der Waals surface area contributed by atoms with Crippen molar-refractivity contribution in [3.8, 4) is 0 Å². The smallest absolute Gasteiger partial charge is 0.373 e. The average molecular weight is 1630 g/mol. The molecule has 28 heteroatoms. The molecule has 0 saturated heterocycles. The number of anilines is 4. The summed E-state index contributed by atoms with van der Waals surface area (Å²) in [5.41, 5.74) is 14.0. The van der Waals surface area contributed by atoms with E-state index >= 15 is 0 Å². The quantitative estimate of drug-likeness (QED) is 0.0394. The van der Waals surface area contributed by atoms with Crippen LogP contribution in [0.4, 0.5) is 22.7 Å². The molecule has 12 rings (SSSR count). The Balaban J connectivity index is 0.000000257. The highest BCUT2D eigenvalue weighted by atomic mass is 35.5. The Kier molecular flexibility index (Phi) is 37.6. The Hall–Kier alpha value is -9.01. The van der Waals surface area contributed by atoms with Gasteiger partial charge in [-0.25, -0.2) is 33.7 Å². The number of nitrogens with one attached hydrogen (secondary N) is 3. The van der Waals surface area contributed by atoms with Crippen molar-refractivity contribution in [2.45, 2.75) is 176 Å². The number of hydrogen-bond donors (Lipinski definition) is 5. The van der Waals surface area contributed by atoms with E-state index in [1.165, 1.54) is 75.0 Å². The fourth-order valence-corrected chi connectivity index (χ4v) is 20.2. The molecule has 0 bridgehead atoms. The number of halogens is 1. The van der Waals surface area contributed by atoms with Crippen molar-refractivity contribution in [1.82, 2.24) is 16.0 Å². The third-order valence-electron chi connectivity index (χ3n) is 19.8. The van der Waals surface area contributed by atoms with Crippen LogP contribution in [0.25, 0.3) is 0 Å². The second kappa shape index (κ2) is 45.0. The zero-order valence-electron chi connectivity index (χ0n) is 65.7. The van der Waals surface area contributed by atoms with Crippen LogP contribution >= 0.6 is 0 Å². The summed E-state index contributed by atoms with van der Waals surface area (Å²) in [6.07, 6.45) is 15.7. The van der Waals surface area contributed by atoms with E-state index in [0.717, 1.165) is 123 Å². The van der Waals surface area contributed by atoms with Crippen LogP contribution in [0.1, 0.15) is 195 Å². The Morgan fingerprint density at radius 3 is 0.884 bits per heavy atom. The summed E-state index contributed by atoms with van der Waals surface area (Å²) in [6, 6.07) is 53.4. The molecule has 0 amide bonds. The number of unbranched alkanes of at least 4 members (excludes halogenated alkanes) is 9. The number of benzene rings is 8. The van der Waals surface area contributed by atoms with E-state index in [1.807, 2.05) is 173 Å². The lowest BCUT2D eigenvalue weighted by Crippen LogP contribution is -3.00.